The van der Waals surface area contributed by atoms with Crippen LogP contribution in [0.25, 0.3) is 0 Å². The third kappa shape index (κ3) is 1.50. The first-order valence-corrected chi connectivity index (χ1v) is 5.07. The summed E-state index contributed by atoms with van der Waals surface area (Å²) in [6, 6.07) is 4.09. The first-order chi connectivity index (χ1) is 6.83. The van der Waals surface area contributed by atoms with Gasteiger partial charge in [-0.05, 0) is 42.2 Å². The molecule has 1 heterocycles. The van der Waals surface area contributed by atoms with Crippen LogP contribution in [-0.2, 0) is 6.42 Å². The number of fused-ring (bicyclic) bond motifs is 1. The summed E-state index contributed by atoms with van der Waals surface area (Å²) in [5.41, 5.74) is 8.48. The molecule has 1 aromatic carbocycles. The zero-order chi connectivity index (χ0) is 9.97. The Morgan fingerprint density at radius 2 is 2.14 bits per heavy atom. The van der Waals surface area contributed by atoms with Gasteiger partial charge in [0, 0.05) is 0 Å². The molecule has 0 fully saturated rings. The fourth-order valence-corrected chi connectivity index (χ4v) is 1.70. The second-order valence-corrected chi connectivity index (χ2v) is 3.62. The molecule has 0 saturated heterocycles. The Labute approximate surface area is 84.2 Å². The predicted octanol–water partition coefficient (Wildman–Crippen LogP) is 3.59. The third-order valence-corrected chi connectivity index (χ3v) is 2.57. The normalized spacial score (nSPS) is 12.7. The maximum atomic E-state index is 4.07. The summed E-state index contributed by atoms with van der Waals surface area (Å²) < 4.78 is 0. The molecule has 2 rings (SSSR count). The maximum absolute atomic E-state index is 4.07. The Hall–Kier alpha value is -1.38. The molecule has 0 atom stereocenters. The highest BCUT2D eigenvalue weighted by atomic mass is 15.5. The van der Waals surface area contributed by atoms with Crippen LogP contribution in [0, 0.1) is 6.92 Å². The fourth-order valence-electron chi connectivity index (χ4n) is 1.70. The topological polar surface area (TPSA) is 38.8 Å². The summed E-state index contributed by atoms with van der Waals surface area (Å²) in [6.45, 7) is 4.32. The lowest BCUT2D eigenvalue weighted by molar-refractivity contribution is 0.792. The number of rotatable bonds is 3. The van der Waals surface area contributed by atoms with Crippen molar-refractivity contribution in [3.05, 3.63) is 23.3 Å². The molecular weight excluding hydrogens is 174 g/mol. The Balaban J connectivity index is 2.36. The first kappa shape index (κ1) is 9.19. The lowest BCUT2D eigenvalue weighted by Crippen LogP contribution is -1.91. The van der Waals surface area contributed by atoms with E-state index in [1.54, 1.807) is 0 Å². The average Bonchev–Trinajstić information content (AvgIpc) is 2.64. The molecule has 0 aromatic heterocycles. The molecule has 0 N–H and O–H groups in total. The zero-order valence-corrected chi connectivity index (χ0v) is 8.62. The Kier molecular flexibility index (Phi) is 2.48. The molecule has 0 spiro atoms. The van der Waals surface area contributed by atoms with E-state index in [2.05, 4.69) is 35.7 Å². The number of hydrogen-bond acceptors (Lipinski definition) is 2. The molecule has 0 amide bonds. The molecule has 0 aliphatic carbocycles. The van der Waals surface area contributed by atoms with Gasteiger partial charge in [-0.15, -0.1) is 10.5 Å². The molecule has 0 saturated carbocycles. The van der Waals surface area contributed by atoms with Crippen molar-refractivity contribution in [3.63, 3.8) is 0 Å². The summed E-state index contributed by atoms with van der Waals surface area (Å²) in [4.78, 5) is 0. The van der Waals surface area contributed by atoms with Crippen LogP contribution in [0.2, 0.25) is 0 Å². The van der Waals surface area contributed by atoms with Gasteiger partial charge >= 0.3 is 0 Å². The SMILES string of the molecule is CCCCc1c(C)ccc2c1N=N[N]2. The molecule has 1 aromatic rings. The van der Waals surface area contributed by atoms with E-state index in [9.17, 15) is 0 Å². The minimum Gasteiger partial charge on any atom is -0.128 e. The minimum absolute atomic E-state index is 0.918. The van der Waals surface area contributed by atoms with Gasteiger partial charge in [0.25, 0.3) is 0 Å². The van der Waals surface area contributed by atoms with Gasteiger partial charge in [-0.25, -0.2) is 0 Å². The van der Waals surface area contributed by atoms with E-state index in [1.807, 2.05) is 6.07 Å². The number of benzene rings is 1. The van der Waals surface area contributed by atoms with Gasteiger partial charge in [-0.1, -0.05) is 19.4 Å². The quantitative estimate of drug-likeness (QED) is 0.695. The molecule has 73 valence electrons. The second-order valence-electron chi connectivity index (χ2n) is 3.62. The Morgan fingerprint density at radius 3 is 2.93 bits per heavy atom. The molecule has 3 nitrogen and oxygen atoms in total. The van der Waals surface area contributed by atoms with Crippen molar-refractivity contribution in [3.8, 4) is 0 Å². The maximum Gasteiger partial charge on any atom is 0.118 e. The number of unbranched alkanes of at least 4 members (excludes halogenated alkanes) is 1. The lowest BCUT2D eigenvalue weighted by Gasteiger charge is -2.07. The zero-order valence-electron chi connectivity index (χ0n) is 8.62. The standard InChI is InChI=1S/C11H14N3/c1-3-4-5-9-8(2)6-7-10-11(9)13-14-12-10/h6-7H,3-5H2,1-2H3. The average molecular weight is 188 g/mol. The van der Waals surface area contributed by atoms with Crippen molar-refractivity contribution in [1.29, 1.82) is 0 Å². The van der Waals surface area contributed by atoms with Crippen LogP contribution >= 0.6 is 0 Å². The van der Waals surface area contributed by atoms with E-state index in [-0.39, 0.29) is 0 Å². The van der Waals surface area contributed by atoms with Crippen LogP contribution in [0.4, 0.5) is 11.4 Å². The largest absolute Gasteiger partial charge is 0.128 e. The summed E-state index contributed by atoms with van der Waals surface area (Å²) in [7, 11) is 0. The smallest absolute Gasteiger partial charge is 0.118 e. The molecular formula is C11H14N3. The minimum atomic E-state index is 0.918. The number of nitrogens with zero attached hydrogens (tertiary/aromatic N) is 3. The predicted molar refractivity (Wildman–Crippen MR) is 56.1 cm³/mol. The first-order valence-electron chi connectivity index (χ1n) is 5.07. The summed E-state index contributed by atoms with van der Waals surface area (Å²) >= 11 is 0. The molecule has 3 heteroatoms. The van der Waals surface area contributed by atoms with Gasteiger partial charge in [0.15, 0.2) is 0 Å². The Morgan fingerprint density at radius 1 is 1.29 bits per heavy atom. The summed E-state index contributed by atoms with van der Waals surface area (Å²) in [5, 5.41) is 7.78. The van der Waals surface area contributed by atoms with Crippen molar-refractivity contribution >= 4 is 11.4 Å². The monoisotopic (exact) mass is 188 g/mol. The highest BCUT2D eigenvalue weighted by Crippen LogP contribution is 2.36. The lowest BCUT2D eigenvalue weighted by atomic mass is 10.00. The Bertz CT molecular complexity index is 369. The summed E-state index contributed by atoms with van der Waals surface area (Å²) in [6.07, 6.45) is 3.49. The van der Waals surface area contributed by atoms with Crippen molar-refractivity contribution in [2.24, 2.45) is 10.3 Å². The highest BCUT2D eigenvalue weighted by molar-refractivity contribution is 5.68. The fraction of sp³-hybridized carbons (Fsp3) is 0.455. The van der Waals surface area contributed by atoms with Crippen LogP contribution in [0.3, 0.4) is 0 Å². The second kappa shape index (κ2) is 3.78. The highest BCUT2D eigenvalue weighted by Gasteiger charge is 2.15. The van der Waals surface area contributed by atoms with Crippen molar-refractivity contribution in [1.82, 2.24) is 5.43 Å². The van der Waals surface area contributed by atoms with Gasteiger partial charge in [-0.3, -0.25) is 0 Å². The van der Waals surface area contributed by atoms with Gasteiger partial charge in [0.2, 0.25) is 0 Å². The third-order valence-electron chi connectivity index (χ3n) is 2.57. The van der Waals surface area contributed by atoms with Gasteiger partial charge in [0.1, 0.15) is 11.4 Å². The van der Waals surface area contributed by atoms with Crippen LogP contribution in [-0.4, -0.2) is 0 Å². The van der Waals surface area contributed by atoms with Crippen molar-refractivity contribution < 1.29 is 0 Å². The summed E-state index contributed by atoms with van der Waals surface area (Å²) in [5.74, 6) is 0. The van der Waals surface area contributed by atoms with Crippen LogP contribution in [0.1, 0.15) is 30.9 Å². The van der Waals surface area contributed by atoms with E-state index >= 15 is 0 Å². The van der Waals surface area contributed by atoms with E-state index in [0.29, 0.717) is 0 Å². The molecule has 0 unspecified atom stereocenters. The van der Waals surface area contributed by atoms with Crippen LogP contribution in [0.5, 0.6) is 0 Å². The number of aryl methyl sites for hydroxylation is 1. The number of hydrogen-bond donors (Lipinski definition) is 0. The van der Waals surface area contributed by atoms with Gasteiger partial charge in [0.05, 0.1) is 0 Å². The molecule has 14 heavy (non-hydrogen) atoms. The molecule has 1 radical (unpaired) electrons. The molecule has 1 aliphatic heterocycles. The van der Waals surface area contributed by atoms with Gasteiger partial charge < -0.3 is 0 Å². The van der Waals surface area contributed by atoms with E-state index in [0.717, 1.165) is 17.8 Å². The van der Waals surface area contributed by atoms with E-state index in [1.165, 1.54) is 24.0 Å². The van der Waals surface area contributed by atoms with E-state index < -0.39 is 0 Å². The van der Waals surface area contributed by atoms with Gasteiger partial charge in [-0.2, -0.15) is 0 Å². The molecule has 1 aliphatic rings. The van der Waals surface area contributed by atoms with E-state index in [4.69, 9.17) is 0 Å². The van der Waals surface area contributed by atoms with Crippen LogP contribution < -0.4 is 5.43 Å². The van der Waals surface area contributed by atoms with Crippen molar-refractivity contribution in [2.45, 2.75) is 33.1 Å². The van der Waals surface area contributed by atoms with Crippen LogP contribution in [0.15, 0.2) is 22.5 Å². The van der Waals surface area contributed by atoms with Crippen molar-refractivity contribution in [2.75, 3.05) is 0 Å². The molecule has 0 bridgehead atoms.